The maximum absolute atomic E-state index is 13.2. The fourth-order valence-corrected chi connectivity index (χ4v) is 2.85. The van der Waals surface area contributed by atoms with Gasteiger partial charge in [-0.05, 0) is 24.6 Å². The van der Waals surface area contributed by atoms with E-state index in [1.807, 2.05) is 0 Å². The number of nitrogens with one attached hydrogen (secondary N) is 3. The van der Waals surface area contributed by atoms with Gasteiger partial charge in [-0.15, -0.1) is 0 Å². The molecule has 158 valence electrons. The predicted molar refractivity (Wildman–Crippen MR) is 92.7 cm³/mol. The van der Waals surface area contributed by atoms with E-state index < -0.39 is 48.6 Å². The number of amides is 2. The lowest BCUT2D eigenvalue weighted by molar-refractivity contribution is -0.144. The normalized spacial score (nSPS) is 20.5. The van der Waals surface area contributed by atoms with Crippen molar-refractivity contribution in [3.8, 4) is 0 Å². The Labute approximate surface area is 162 Å². The number of alkyl halides is 5. The molecular weight excluding hydrogens is 399 g/mol. The van der Waals surface area contributed by atoms with E-state index in [2.05, 4.69) is 20.6 Å². The van der Waals surface area contributed by atoms with Gasteiger partial charge < -0.3 is 15.6 Å². The monoisotopic (exact) mass is 418 g/mol. The molecule has 1 aliphatic rings. The molecule has 0 aliphatic heterocycles. The van der Waals surface area contributed by atoms with Gasteiger partial charge in [-0.1, -0.05) is 6.07 Å². The number of carbonyl (C=O) groups excluding carboxylic acids is 2. The number of hydrogen-bond acceptors (Lipinski definition) is 3. The average molecular weight is 418 g/mol. The Balaban J connectivity index is 1.54. The first-order valence-corrected chi connectivity index (χ1v) is 8.87. The number of fused-ring (bicyclic) bond motifs is 1. The molecule has 29 heavy (non-hydrogen) atoms. The van der Waals surface area contributed by atoms with Crippen LogP contribution in [0.2, 0.25) is 0 Å². The van der Waals surface area contributed by atoms with Crippen LogP contribution in [-0.4, -0.2) is 33.9 Å². The lowest BCUT2D eigenvalue weighted by Crippen LogP contribution is -2.33. The van der Waals surface area contributed by atoms with Crippen molar-refractivity contribution >= 4 is 22.8 Å². The summed E-state index contributed by atoms with van der Waals surface area (Å²) in [5, 5.41) is 4.85. The number of aromatic amines is 1. The summed E-state index contributed by atoms with van der Waals surface area (Å²) in [5.41, 5.74) is 0.0992. The fourth-order valence-electron chi connectivity index (χ4n) is 2.85. The van der Waals surface area contributed by atoms with Gasteiger partial charge in [-0.3, -0.25) is 9.59 Å². The maximum atomic E-state index is 13.2. The third-order valence-corrected chi connectivity index (χ3v) is 4.90. The van der Waals surface area contributed by atoms with E-state index in [1.54, 1.807) is 18.2 Å². The molecule has 1 fully saturated rings. The van der Waals surface area contributed by atoms with Crippen molar-refractivity contribution < 1.29 is 31.5 Å². The molecule has 11 heteroatoms. The largest absolute Gasteiger partial charge is 0.389 e. The molecule has 1 atom stereocenters. The number of nitrogens with zero attached hydrogens (tertiary/aromatic N) is 1. The molecule has 2 amide bonds. The highest BCUT2D eigenvalue weighted by Gasteiger charge is 2.72. The Morgan fingerprint density at radius 2 is 1.90 bits per heavy atom. The number of carbonyl (C=O) groups is 2. The smallest absolute Gasteiger partial charge is 0.352 e. The molecule has 2 aromatic rings. The highest BCUT2D eigenvalue weighted by atomic mass is 19.4. The van der Waals surface area contributed by atoms with E-state index in [1.165, 1.54) is 6.92 Å². The second-order valence-corrected chi connectivity index (χ2v) is 7.32. The van der Waals surface area contributed by atoms with Crippen molar-refractivity contribution in [2.75, 3.05) is 0 Å². The van der Waals surface area contributed by atoms with Gasteiger partial charge in [0.15, 0.2) is 0 Å². The number of H-pyrrole nitrogens is 1. The lowest BCUT2D eigenvalue weighted by Gasteiger charge is -2.09. The van der Waals surface area contributed by atoms with Crippen LogP contribution < -0.4 is 10.6 Å². The average Bonchev–Trinajstić information content (AvgIpc) is 2.97. The molecule has 1 saturated carbocycles. The number of aromatic nitrogens is 2. The van der Waals surface area contributed by atoms with E-state index in [0.717, 1.165) is 0 Å². The van der Waals surface area contributed by atoms with E-state index in [4.69, 9.17) is 0 Å². The molecular formula is C18H19F5N4O2. The Morgan fingerprint density at radius 3 is 2.52 bits per heavy atom. The second-order valence-electron chi connectivity index (χ2n) is 7.32. The zero-order valence-corrected chi connectivity index (χ0v) is 15.4. The molecule has 1 aromatic carbocycles. The number of imidazole rings is 1. The first-order valence-electron chi connectivity index (χ1n) is 8.87. The summed E-state index contributed by atoms with van der Waals surface area (Å²) in [6, 6.07) is 4.96. The zero-order chi connectivity index (χ0) is 21.4. The van der Waals surface area contributed by atoms with Crippen LogP contribution in [0.5, 0.6) is 0 Å². The zero-order valence-electron chi connectivity index (χ0n) is 15.4. The van der Waals surface area contributed by atoms with Gasteiger partial charge in [0, 0.05) is 19.4 Å². The summed E-state index contributed by atoms with van der Waals surface area (Å²) >= 11 is 0. The Bertz CT molecular complexity index is 940. The number of benzene rings is 1. The van der Waals surface area contributed by atoms with Crippen LogP contribution in [0.25, 0.3) is 11.0 Å². The van der Waals surface area contributed by atoms with Crippen molar-refractivity contribution in [2.45, 2.75) is 51.4 Å². The van der Waals surface area contributed by atoms with Crippen LogP contribution >= 0.6 is 0 Å². The maximum Gasteiger partial charge on any atom is 0.389 e. The summed E-state index contributed by atoms with van der Waals surface area (Å²) in [6.07, 6.45) is -6.69. The summed E-state index contributed by atoms with van der Waals surface area (Å²) in [5.74, 6) is -4.08. The second kappa shape index (κ2) is 7.27. The van der Waals surface area contributed by atoms with E-state index in [9.17, 15) is 31.5 Å². The lowest BCUT2D eigenvalue weighted by atomic mass is 10.1. The van der Waals surface area contributed by atoms with Crippen LogP contribution in [0.4, 0.5) is 22.0 Å². The van der Waals surface area contributed by atoms with Crippen molar-refractivity contribution in [1.29, 1.82) is 0 Å². The minimum Gasteiger partial charge on any atom is -0.352 e. The molecule has 3 rings (SSSR count). The Hall–Kier alpha value is -2.72. The molecule has 1 unspecified atom stereocenters. The number of rotatable bonds is 7. The molecule has 0 spiro atoms. The topological polar surface area (TPSA) is 86.9 Å². The Morgan fingerprint density at radius 1 is 1.21 bits per heavy atom. The minimum atomic E-state index is -4.38. The van der Waals surface area contributed by atoms with Gasteiger partial charge in [-0.25, -0.2) is 13.8 Å². The van der Waals surface area contributed by atoms with Gasteiger partial charge in [0.25, 0.3) is 5.92 Å². The van der Waals surface area contributed by atoms with Crippen LogP contribution in [0.1, 0.15) is 37.6 Å². The van der Waals surface area contributed by atoms with Crippen LogP contribution in [0.3, 0.4) is 0 Å². The van der Waals surface area contributed by atoms with Gasteiger partial charge in [0.2, 0.25) is 11.8 Å². The molecule has 0 bridgehead atoms. The Kier molecular flexibility index (Phi) is 5.26. The van der Waals surface area contributed by atoms with Crippen molar-refractivity contribution in [1.82, 2.24) is 20.6 Å². The summed E-state index contributed by atoms with van der Waals surface area (Å²) in [7, 11) is 0. The van der Waals surface area contributed by atoms with E-state index in [-0.39, 0.29) is 13.1 Å². The third kappa shape index (κ3) is 4.83. The minimum absolute atomic E-state index is 0.0468. The van der Waals surface area contributed by atoms with E-state index in [0.29, 0.717) is 22.4 Å². The first-order chi connectivity index (χ1) is 13.4. The highest BCUT2D eigenvalue weighted by Crippen LogP contribution is 2.60. The predicted octanol–water partition coefficient (Wildman–Crippen LogP) is 3.18. The van der Waals surface area contributed by atoms with Crippen molar-refractivity contribution in [2.24, 2.45) is 5.41 Å². The molecule has 1 aliphatic carbocycles. The van der Waals surface area contributed by atoms with Crippen molar-refractivity contribution in [3.63, 3.8) is 0 Å². The van der Waals surface area contributed by atoms with Crippen molar-refractivity contribution in [3.05, 3.63) is 29.6 Å². The molecule has 1 heterocycles. The first kappa shape index (κ1) is 21.0. The van der Waals surface area contributed by atoms with E-state index >= 15 is 0 Å². The molecule has 0 saturated heterocycles. The SMILES string of the molecule is CC1(C(=O)NCc2nc3ccc(CNC(=O)CCC(F)(F)F)cc3[nH]2)CC1(F)F. The van der Waals surface area contributed by atoms with Crippen LogP contribution in [-0.2, 0) is 22.7 Å². The van der Waals surface area contributed by atoms with Gasteiger partial charge in [0.1, 0.15) is 11.2 Å². The molecule has 0 radical (unpaired) electrons. The molecule has 1 aromatic heterocycles. The van der Waals surface area contributed by atoms with Gasteiger partial charge in [-0.2, -0.15) is 13.2 Å². The summed E-state index contributed by atoms with van der Waals surface area (Å²) in [6.45, 7) is 1.20. The van der Waals surface area contributed by atoms with Crippen LogP contribution in [0, 0.1) is 5.41 Å². The third-order valence-electron chi connectivity index (χ3n) is 4.90. The molecule has 6 nitrogen and oxygen atoms in total. The quantitative estimate of drug-likeness (QED) is 0.604. The summed E-state index contributed by atoms with van der Waals surface area (Å²) in [4.78, 5) is 30.6. The number of hydrogen-bond donors (Lipinski definition) is 3. The van der Waals surface area contributed by atoms with Gasteiger partial charge >= 0.3 is 6.18 Å². The molecule has 3 N–H and O–H groups in total. The number of halogens is 5. The highest BCUT2D eigenvalue weighted by molar-refractivity contribution is 5.87. The van der Waals surface area contributed by atoms with Gasteiger partial charge in [0.05, 0.1) is 24.0 Å². The summed E-state index contributed by atoms with van der Waals surface area (Å²) < 4.78 is 62.8. The standard InChI is InChI=1S/C18H19F5N4O2/c1-16(9-17(16,19)20)15(29)25-8-13-26-11-3-2-10(6-12(11)27-13)7-24-14(28)4-5-18(21,22)23/h2-3,6H,4-5,7-9H2,1H3,(H,24,28)(H,25,29)(H,26,27). The van der Waals surface area contributed by atoms with Crippen LogP contribution in [0.15, 0.2) is 18.2 Å². The fraction of sp³-hybridized carbons (Fsp3) is 0.500.